The number of rotatable bonds is 4. The number of amides is 1. The van der Waals surface area contributed by atoms with Crippen molar-refractivity contribution in [2.75, 3.05) is 13.1 Å². The van der Waals surface area contributed by atoms with Gasteiger partial charge >= 0.3 is 0 Å². The number of pyridine rings is 1. The molecule has 0 N–H and O–H groups in total. The van der Waals surface area contributed by atoms with Crippen molar-refractivity contribution in [3.05, 3.63) is 58.7 Å². The lowest BCUT2D eigenvalue weighted by Gasteiger charge is -2.31. The molecule has 3 aromatic rings. The van der Waals surface area contributed by atoms with E-state index in [-0.39, 0.29) is 11.7 Å². The number of aromatic nitrogens is 3. The molecular weight excluding hydrogens is 379 g/mol. The lowest BCUT2D eigenvalue weighted by molar-refractivity contribution is 0.0712. The summed E-state index contributed by atoms with van der Waals surface area (Å²) in [5, 5.41) is 6.17. The molecule has 0 aliphatic carbocycles. The van der Waals surface area contributed by atoms with Crippen LogP contribution in [0, 0.1) is 25.6 Å². The Morgan fingerprint density at radius 2 is 1.83 bits per heavy atom. The van der Waals surface area contributed by atoms with Crippen LogP contribution in [0.2, 0.25) is 0 Å². The lowest BCUT2D eigenvalue weighted by atomic mass is 9.90. The summed E-state index contributed by atoms with van der Waals surface area (Å²) in [5.74, 6) is 0.436. The third-order valence-corrected chi connectivity index (χ3v) is 5.85. The third kappa shape index (κ3) is 3.95. The fraction of sp³-hybridized carbons (Fsp3) is 0.458. The highest BCUT2D eigenvalue weighted by molar-refractivity contribution is 5.94. The average Bonchev–Trinajstić information content (AvgIpc) is 3.06. The Balaban J connectivity index is 1.57. The molecule has 1 aliphatic heterocycles. The van der Waals surface area contributed by atoms with Crippen molar-refractivity contribution in [3.63, 3.8) is 0 Å². The fourth-order valence-electron chi connectivity index (χ4n) is 4.44. The van der Waals surface area contributed by atoms with Crippen LogP contribution in [0.25, 0.3) is 11.0 Å². The van der Waals surface area contributed by atoms with Gasteiger partial charge in [0.15, 0.2) is 5.65 Å². The molecule has 30 heavy (non-hydrogen) atoms. The minimum Gasteiger partial charge on any atom is -0.339 e. The third-order valence-electron chi connectivity index (χ3n) is 5.85. The predicted octanol–water partition coefficient (Wildman–Crippen LogP) is 4.86. The van der Waals surface area contributed by atoms with Crippen LogP contribution in [0.4, 0.5) is 4.39 Å². The number of halogens is 1. The molecule has 1 saturated heterocycles. The Morgan fingerprint density at radius 3 is 2.47 bits per heavy atom. The lowest BCUT2D eigenvalue weighted by Crippen LogP contribution is -2.38. The Bertz CT molecular complexity index is 1060. The molecular formula is C24H29FN4O. The number of likely N-dealkylation sites (tertiary alicyclic amines) is 1. The van der Waals surface area contributed by atoms with Gasteiger partial charge in [0, 0.05) is 42.2 Å². The summed E-state index contributed by atoms with van der Waals surface area (Å²) in [5.41, 5.74) is 4.85. The van der Waals surface area contributed by atoms with Crippen molar-refractivity contribution in [2.45, 2.75) is 53.0 Å². The van der Waals surface area contributed by atoms with Gasteiger partial charge in [-0.2, -0.15) is 5.10 Å². The first-order valence-corrected chi connectivity index (χ1v) is 10.7. The first-order valence-electron chi connectivity index (χ1n) is 10.7. The number of hydrogen-bond acceptors (Lipinski definition) is 3. The molecule has 0 radical (unpaired) electrons. The summed E-state index contributed by atoms with van der Waals surface area (Å²) < 4.78 is 15.2. The normalized spacial score (nSPS) is 15.3. The number of benzene rings is 1. The van der Waals surface area contributed by atoms with Crippen molar-refractivity contribution < 1.29 is 9.18 Å². The SMILES string of the molecule is Cc1cc(C)c2c(C3CCN(C(=O)c4ccc(F)cc4)CC3)nn(CC(C)C)c2n1. The number of carbonyl (C=O) groups excluding carboxylic acids is 1. The molecule has 1 aliphatic rings. The van der Waals surface area contributed by atoms with Crippen molar-refractivity contribution in [2.24, 2.45) is 5.92 Å². The monoisotopic (exact) mass is 408 g/mol. The zero-order chi connectivity index (χ0) is 21.4. The molecule has 1 aromatic carbocycles. The first-order chi connectivity index (χ1) is 14.3. The van der Waals surface area contributed by atoms with Gasteiger partial charge in [-0.15, -0.1) is 0 Å². The highest BCUT2D eigenvalue weighted by Gasteiger charge is 2.29. The highest BCUT2D eigenvalue weighted by Crippen LogP contribution is 2.34. The van der Waals surface area contributed by atoms with E-state index in [9.17, 15) is 9.18 Å². The summed E-state index contributed by atoms with van der Waals surface area (Å²) in [4.78, 5) is 19.4. The topological polar surface area (TPSA) is 51.0 Å². The van der Waals surface area contributed by atoms with Gasteiger partial charge in [0.1, 0.15) is 5.82 Å². The maximum Gasteiger partial charge on any atom is 0.253 e. The molecule has 1 fully saturated rings. The van der Waals surface area contributed by atoms with Crippen LogP contribution in [0.5, 0.6) is 0 Å². The highest BCUT2D eigenvalue weighted by atomic mass is 19.1. The van der Waals surface area contributed by atoms with Gasteiger partial charge in [0.05, 0.1) is 5.69 Å². The molecule has 2 aromatic heterocycles. The predicted molar refractivity (Wildman–Crippen MR) is 116 cm³/mol. The second-order valence-corrected chi connectivity index (χ2v) is 8.81. The van der Waals surface area contributed by atoms with Crippen LogP contribution in [0.15, 0.2) is 30.3 Å². The Kier molecular flexibility index (Phi) is 5.58. The van der Waals surface area contributed by atoms with Gasteiger partial charge in [-0.1, -0.05) is 13.8 Å². The van der Waals surface area contributed by atoms with Gasteiger partial charge in [-0.25, -0.2) is 14.1 Å². The van der Waals surface area contributed by atoms with E-state index >= 15 is 0 Å². The van der Waals surface area contributed by atoms with Crippen molar-refractivity contribution in [3.8, 4) is 0 Å². The number of piperidine rings is 1. The fourth-order valence-corrected chi connectivity index (χ4v) is 4.44. The van der Waals surface area contributed by atoms with E-state index in [0.29, 0.717) is 30.5 Å². The minimum absolute atomic E-state index is 0.0304. The van der Waals surface area contributed by atoms with Crippen molar-refractivity contribution >= 4 is 16.9 Å². The van der Waals surface area contributed by atoms with Crippen LogP contribution in [0.1, 0.15) is 59.9 Å². The van der Waals surface area contributed by atoms with E-state index in [2.05, 4.69) is 31.5 Å². The molecule has 0 saturated carbocycles. The average molecular weight is 409 g/mol. The molecule has 0 spiro atoms. The van der Waals surface area contributed by atoms with Gasteiger partial charge in [-0.05, 0) is 68.5 Å². The van der Waals surface area contributed by atoms with Crippen LogP contribution in [-0.2, 0) is 6.54 Å². The molecule has 0 unspecified atom stereocenters. The van der Waals surface area contributed by atoms with Crippen LogP contribution in [-0.4, -0.2) is 38.7 Å². The molecule has 3 heterocycles. The Morgan fingerprint density at radius 1 is 1.17 bits per heavy atom. The summed E-state index contributed by atoms with van der Waals surface area (Å²) in [6.07, 6.45) is 1.74. The smallest absolute Gasteiger partial charge is 0.253 e. The summed E-state index contributed by atoms with van der Waals surface area (Å²) >= 11 is 0. The second kappa shape index (κ2) is 8.17. The van der Waals surface area contributed by atoms with E-state index in [1.807, 2.05) is 11.8 Å². The van der Waals surface area contributed by atoms with E-state index in [0.717, 1.165) is 36.4 Å². The maximum atomic E-state index is 13.2. The molecule has 0 atom stereocenters. The van der Waals surface area contributed by atoms with Crippen LogP contribution in [0.3, 0.4) is 0 Å². The molecule has 0 bridgehead atoms. The van der Waals surface area contributed by atoms with Crippen LogP contribution < -0.4 is 0 Å². The van der Waals surface area contributed by atoms with Gasteiger partial charge in [0.25, 0.3) is 5.91 Å². The summed E-state index contributed by atoms with van der Waals surface area (Å²) in [6, 6.07) is 7.92. The van der Waals surface area contributed by atoms with Gasteiger partial charge in [0.2, 0.25) is 0 Å². The quantitative estimate of drug-likeness (QED) is 0.619. The second-order valence-electron chi connectivity index (χ2n) is 8.81. The molecule has 5 nitrogen and oxygen atoms in total. The summed E-state index contributed by atoms with van der Waals surface area (Å²) in [7, 11) is 0. The van der Waals surface area contributed by atoms with Crippen molar-refractivity contribution in [1.29, 1.82) is 0 Å². The Hall–Kier alpha value is -2.76. The van der Waals surface area contributed by atoms with E-state index in [4.69, 9.17) is 10.1 Å². The maximum absolute atomic E-state index is 13.2. The van der Waals surface area contributed by atoms with E-state index in [1.54, 1.807) is 12.1 Å². The Labute approximate surface area is 176 Å². The number of nitrogens with zero attached hydrogens (tertiary/aromatic N) is 4. The number of carbonyl (C=O) groups is 1. The summed E-state index contributed by atoms with van der Waals surface area (Å²) in [6.45, 7) is 10.7. The molecule has 6 heteroatoms. The zero-order valence-corrected chi connectivity index (χ0v) is 18.2. The van der Waals surface area contributed by atoms with Gasteiger partial charge in [-0.3, -0.25) is 4.79 Å². The standard InChI is InChI=1S/C24H29FN4O/c1-15(2)14-29-23-21(16(3)13-17(4)26-23)22(27-29)18-9-11-28(12-10-18)24(30)19-5-7-20(25)8-6-19/h5-8,13,15,18H,9-12,14H2,1-4H3. The van der Waals surface area contributed by atoms with Crippen molar-refractivity contribution in [1.82, 2.24) is 19.7 Å². The minimum atomic E-state index is -0.326. The molecule has 4 rings (SSSR count). The van der Waals surface area contributed by atoms with Crippen LogP contribution >= 0.6 is 0 Å². The number of hydrogen-bond donors (Lipinski definition) is 0. The van der Waals surface area contributed by atoms with E-state index < -0.39 is 0 Å². The zero-order valence-electron chi connectivity index (χ0n) is 18.2. The molecule has 158 valence electrons. The first kappa shape index (κ1) is 20.5. The number of aryl methyl sites for hydroxylation is 2. The van der Waals surface area contributed by atoms with Gasteiger partial charge < -0.3 is 4.90 Å². The van der Waals surface area contributed by atoms with E-state index in [1.165, 1.54) is 23.1 Å². The number of fused-ring (bicyclic) bond motifs is 1. The molecule has 1 amide bonds. The largest absolute Gasteiger partial charge is 0.339 e.